The molecule has 3 aromatic rings. The van der Waals surface area contributed by atoms with Gasteiger partial charge < -0.3 is 4.98 Å². The molecule has 1 fully saturated rings. The van der Waals surface area contributed by atoms with Gasteiger partial charge in [0.25, 0.3) is 0 Å². The predicted octanol–water partition coefficient (Wildman–Crippen LogP) is 5.18. The summed E-state index contributed by atoms with van der Waals surface area (Å²) in [5, 5.41) is 0.614. The van der Waals surface area contributed by atoms with Crippen LogP contribution in [0.1, 0.15) is 24.0 Å². The standard InChI is InChI=1S/C19H16F4N2O/c20-17-7-14-11(10-25-26-12-5-6-12)9-24-18(14)8-15(17)13-3-1-2-4-16(13)19(21,22)23/h1-4,7-9,12,24-25H,5-6,10H2. The molecule has 0 radical (unpaired) electrons. The van der Waals surface area contributed by atoms with Crippen molar-refractivity contribution in [2.45, 2.75) is 31.7 Å². The smallest absolute Gasteiger partial charge is 0.361 e. The van der Waals surface area contributed by atoms with Crippen molar-refractivity contribution in [3.8, 4) is 11.1 Å². The Balaban J connectivity index is 1.70. The largest absolute Gasteiger partial charge is 0.417 e. The lowest BCUT2D eigenvalue weighted by atomic mass is 9.97. The lowest BCUT2D eigenvalue weighted by Gasteiger charge is -2.13. The molecule has 4 rings (SSSR count). The normalized spacial score (nSPS) is 14.9. The number of benzene rings is 2. The summed E-state index contributed by atoms with van der Waals surface area (Å²) in [6.45, 7) is 0.383. The van der Waals surface area contributed by atoms with Crippen molar-refractivity contribution in [3.05, 3.63) is 59.5 Å². The summed E-state index contributed by atoms with van der Waals surface area (Å²) >= 11 is 0. The highest BCUT2D eigenvalue weighted by molar-refractivity contribution is 5.88. The fraction of sp³-hybridized carbons (Fsp3) is 0.263. The van der Waals surface area contributed by atoms with Gasteiger partial charge in [-0.05, 0) is 42.2 Å². The van der Waals surface area contributed by atoms with E-state index in [0.29, 0.717) is 17.4 Å². The molecule has 1 aliphatic rings. The monoisotopic (exact) mass is 364 g/mol. The first-order valence-corrected chi connectivity index (χ1v) is 8.28. The highest BCUT2D eigenvalue weighted by Gasteiger charge is 2.34. The summed E-state index contributed by atoms with van der Waals surface area (Å²) in [6.07, 6.45) is -0.563. The molecule has 0 amide bonds. The summed E-state index contributed by atoms with van der Waals surface area (Å²) < 4.78 is 54.4. The minimum atomic E-state index is -4.55. The second-order valence-corrected chi connectivity index (χ2v) is 6.37. The second kappa shape index (κ2) is 6.41. The van der Waals surface area contributed by atoms with Crippen LogP contribution in [0.3, 0.4) is 0 Å². The van der Waals surface area contributed by atoms with Crippen LogP contribution >= 0.6 is 0 Å². The first kappa shape index (κ1) is 17.1. The SMILES string of the molecule is Fc1cc2c(CNOC3CC3)c[nH]c2cc1-c1ccccc1C(F)(F)F. The van der Waals surface area contributed by atoms with Crippen molar-refractivity contribution in [1.29, 1.82) is 0 Å². The zero-order valence-electron chi connectivity index (χ0n) is 13.7. The molecular formula is C19H16F4N2O. The first-order chi connectivity index (χ1) is 12.4. The molecule has 136 valence electrons. The molecule has 0 aliphatic heterocycles. The zero-order chi connectivity index (χ0) is 18.3. The molecule has 1 aliphatic carbocycles. The average molecular weight is 364 g/mol. The number of rotatable bonds is 5. The quantitative estimate of drug-likeness (QED) is 0.484. The Kier molecular flexibility index (Phi) is 4.20. The van der Waals surface area contributed by atoms with Gasteiger partial charge in [-0.15, -0.1) is 0 Å². The van der Waals surface area contributed by atoms with Crippen molar-refractivity contribution in [2.24, 2.45) is 0 Å². The van der Waals surface area contributed by atoms with Gasteiger partial charge in [0.15, 0.2) is 0 Å². The maximum Gasteiger partial charge on any atom is 0.417 e. The Morgan fingerprint density at radius 1 is 1.12 bits per heavy atom. The Bertz CT molecular complexity index is 944. The highest BCUT2D eigenvalue weighted by atomic mass is 19.4. The number of hydrogen-bond acceptors (Lipinski definition) is 2. The Morgan fingerprint density at radius 2 is 1.88 bits per heavy atom. The topological polar surface area (TPSA) is 37.0 Å². The highest BCUT2D eigenvalue weighted by Crippen LogP contribution is 2.39. The van der Waals surface area contributed by atoms with Gasteiger partial charge in [0, 0.05) is 29.2 Å². The van der Waals surface area contributed by atoms with E-state index in [9.17, 15) is 17.6 Å². The van der Waals surface area contributed by atoms with Crippen LogP contribution in [0.4, 0.5) is 17.6 Å². The zero-order valence-corrected chi connectivity index (χ0v) is 13.7. The molecule has 0 atom stereocenters. The molecule has 1 saturated carbocycles. The summed E-state index contributed by atoms with van der Waals surface area (Å²) in [7, 11) is 0. The molecule has 7 heteroatoms. The van der Waals surface area contributed by atoms with E-state index in [-0.39, 0.29) is 17.2 Å². The molecule has 1 aromatic heterocycles. The molecule has 2 N–H and O–H groups in total. The van der Waals surface area contributed by atoms with Gasteiger partial charge in [0.2, 0.25) is 0 Å². The van der Waals surface area contributed by atoms with Crippen LogP contribution in [0.5, 0.6) is 0 Å². The van der Waals surface area contributed by atoms with Crippen LogP contribution in [0, 0.1) is 5.82 Å². The molecule has 0 saturated heterocycles. The van der Waals surface area contributed by atoms with Crippen LogP contribution in [0.2, 0.25) is 0 Å². The van der Waals surface area contributed by atoms with Crippen LogP contribution < -0.4 is 5.48 Å². The molecule has 2 aromatic carbocycles. The van der Waals surface area contributed by atoms with E-state index < -0.39 is 17.6 Å². The third kappa shape index (κ3) is 3.32. The Morgan fingerprint density at radius 3 is 2.62 bits per heavy atom. The summed E-state index contributed by atoms with van der Waals surface area (Å²) in [5.41, 5.74) is 3.09. The van der Waals surface area contributed by atoms with Crippen LogP contribution in [0.25, 0.3) is 22.0 Å². The van der Waals surface area contributed by atoms with E-state index in [0.717, 1.165) is 24.5 Å². The average Bonchev–Trinajstić information content (AvgIpc) is 3.34. The van der Waals surface area contributed by atoms with Crippen molar-refractivity contribution in [2.75, 3.05) is 0 Å². The van der Waals surface area contributed by atoms with Gasteiger partial charge in [-0.1, -0.05) is 18.2 Å². The molecule has 1 heterocycles. The maximum absolute atomic E-state index is 14.7. The van der Waals surface area contributed by atoms with Crippen molar-refractivity contribution in [1.82, 2.24) is 10.5 Å². The molecule has 0 spiro atoms. The van der Waals surface area contributed by atoms with E-state index in [1.54, 1.807) is 6.20 Å². The first-order valence-electron chi connectivity index (χ1n) is 8.28. The Hall–Kier alpha value is -2.38. The number of hydroxylamine groups is 1. The van der Waals surface area contributed by atoms with Gasteiger partial charge in [-0.2, -0.15) is 18.7 Å². The Labute approximate surface area is 146 Å². The summed E-state index contributed by atoms with van der Waals surface area (Å²) in [6, 6.07) is 7.68. The van der Waals surface area contributed by atoms with Gasteiger partial charge in [0.1, 0.15) is 5.82 Å². The lowest BCUT2D eigenvalue weighted by Crippen LogP contribution is -2.15. The van der Waals surface area contributed by atoms with Crippen molar-refractivity contribution >= 4 is 10.9 Å². The predicted molar refractivity (Wildman–Crippen MR) is 89.6 cm³/mol. The lowest BCUT2D eigenvalue weighted by molar-refractivity contribution is -0.137. The van der Waals surface area contributed by atoms with Crippen LogP contribution in [-0.4, -0.2) is 11.1 Å². The summed E-state index contributed by atoms with van der Waals surface area (Å²) in [4.78, 5) is 8.36. The maximum atomic E-state index is 14.7. The van der Waals surface area contributed by atoms with Crippen LogP contribution in [-0.2, 0) is 17.6 Å². The van der Waals surface area contributed by atoms with E-state index >= 15 is 0 Å². The van der Waals surface area contributed by atoms with Gasteiger partial charge in [-0.3, -0.25) is 4.84 Å². The molecular weight excluding hydrogens is 348 g/mol. The molecule has 0 bridgehead atoms. The van der Waals surface area contributed by atoms with E-state index in [1.165, 1.54) is 30.3 Å². The number of hydrogen-bond donors (Lipinski definition) is 2. The third-order valence-corrected chi connectivity index (χ3v) is 4.41. The molecule has 26 heavy (non-hydrogen) atoms. The van der Waals surface area contributed by atoms with Crippen molar-refractivity contribution in [3.63, 3.8) is 0 Å². The van der Waals surface area contributed by atoms with E-state index in [2.05, 4.69) is 10.5 Å². The van der Waals surface area contributed by atoms with Crippen molar-refractivity contribution < 1.29 is 22.4 Å². The number of halogens is 4. The number of fused-ring (bicyclic) bond motifs is 1. The number of H-pyrrole nitrogens is 1. The van der Waals surface area contributed by atoms with Gasteiger partial charge >= 0.3 is 6.18 Å². The number of aromatic amines is 1. The fourth-order valence-electron chi connectivity index (χ4n) is 2.94. The van der Waals surface area contributed by atoms with Crippen LogP contribution in [0.15, 0.2) is 42.6 Å². The van der Waals surface area contributed by atoms with Gasteiger partial charge in [-0.25, -0.2) is 4.39 Å². The van der Waals surface area contributed by atoms with E-state index in [4.69, 9.17) is 4.84 Å². The van der Waals surface area contributed by atoms with Gasteiger partial charge in [0.05, 0.1) is 11.7 Å². The number of aromatic nitrogens is 1. The number of alkyl halides is 3. The minimum Gasteiger partial charge on any atom is -0.361 e. The molecule has 0 unspecified atom stereocenters. The molecule has 3 nitrogen and oxygen atoms in total. The second-order valence-electron chi connectivity index (χ2n) is 6.37. The third-order valence-electron chi connectivity index (χ3n) is 4.41. The van der Waals surface area contributed by atoms with E-state index in [1.807, 2.05) is 0 Å². The fourth-order valence-corrected chi connectivity index (χ4v) is 2.94. The summed E-state index contributed by atoms with van der Waals surface area (Å²) in [5.74, 6) is -0.696. The minimum absolute atomic E-state index is 0.0824. The number of nitrogens with one attached hydrogen (secondary N) is 2.